The van der Waals surface area contributed by atoms with E-state index in [9.17, 15) is 0 Å². The van der Waals surface area contributed by atoms with Gasteiger partial charge in [-0.05, 0) is 24.6 Å². The number of hydrogen-bond acceptors (Lipinski definition) is 4. The van der Waals surface area contributed by atoms with Gasteiger partial charge in [0.25, 0.3) is 0 Å². The predicted molar refractivity (Wildman–Crippen MR) is 68.6 cm³/mol. The Hall–Kier alpha value is -1.57. The molecule has 0 unspecified atom stereocenters. The second kappa shape index (κ2) is 9.46. The molecule has 0 atom stereocenters. The van der Waals surface area contributed by atoms with Crippen molar-refractivity contribution in [3.63, 3.8) is 0 Å². The SMILES string of the molecule is CCOCCOCCOc1ccc(CC#N)cc1. The molecule has 4 nitrogen and oxygen atoms in total. The highest BCUT2D eigenvalue weighted by molar-refractivity contribution is 5.28. The molecule has 0 aliphatic rings. The van der Waals surface area contributed by atoms with Crippen LogP contribution in [0.3, 0.4) is 0 Å². The average Bonchev–Trinajstić information content (AvgIpc) is 2.40. The third kappa shape index (κ3) is 6.24. The summed E-state index contributed by atoms with van der Waals surface area (Å²) in [6.07, 6.45) is 0.431. The van der Waals surface area contributed by atoms with Crippen molar-refractivity contribution in [1.82, 2.24) is 0 Å². The van der Waals surface area contributed by atoms with E-state index < -0.39 is 0 Å². The fourth-order valence-electron chi connectivity index (χ4n) is 1.38. The maximum atomic E-state index is 8.54. The number of hydrogen-bond donors (Lipinski definition) is 0. The van der Waals surface area contributed by atoms with E-state index in [-0.39, 0.29) is 0 Å². The zero-order valence-corrected chi connectivity index (χ0v) is 10.7. The summed E-state index contributed by atoms with van der Waals surface area (Å²) in [6, 6.07) is 9.64. The highest BCUT2D eigenvalue weighted by atomic mass is 16.5. The number of rotatable bonds is 9. The van der Waals surface area contributed by atoms with Crippen LogP contribution < -0.4 is 4.74 Å². The van der Waals surface area contributed by atoms with E-state index in [4.69, 9.17) is 19.5 Å². The average molecular weight is 249 g/mol. The Morgan fingerprint density at radius 1 is 1.00 bits per heavy atom. The van der Waals surface area contributed by atoms with Gasteiger partial charge in [-0.1, -0.05) is 12.1 Å². The Kier molecular flexibility index (Phi) is 7.61. The third-order valence-corrected chi connectivity index (χ3v) is 2.28. The minimum absolute atomic E-state index is 0.431. The van der Waals surface area contributed by atoms with E-state index in [1.807, 2.05) is 31.2 Å². The Morgan fingerprint density at radius 2 is 1.67 bits per heavy atom. The fraction of sp³-hybridized carbons (Fsp3) is 0.500. The molecular formula is C14H19NO3. The zero-order chi connectivity index (χ0) is 13.1. The van der Waals surface area contributed by atoms with Gasteiger partial charge in [-0.25, -0.2) is 0 Å². The molecule has 0 bridgehead atoms. The number of nitrogens with zero attached hydrogens (tertiary/aromatic N) is 1. The lowest BCUT2D eigenvalue weighted by Gasteiger charge is -2.07. The quantitative estimate of drug-likeness (QED) is 0.629. The van der Waals surface area contributed by atoms with Gasteiger partial charge in [0.05, 0.1) is 32.3 Å². The molecule has 0 N–H and O–H groups in total. The van der Waals surface area contributed by atoms with Crippen LogP contribution in [0.4, 0.5) is 0 Å². The predicted octanol–water partition coefficient (Wildman–Crippen LogP) is 2.18. The van der Waals surface area contributed by atoms with Gasteiger partial charge < -0.3 is 14.2 Å². The molecule has 0 radical (unpaired) electrons. The molecule has 0 heterocycles. The maximum absolute atomic E-state index is 8.54. The summed E-state index contributed by atoms with van der Waals surface area (Å²) in [7, 11) is 0. The molecule has 4 heteroatoms. The number of benzene rings is 1. The summed E-state index contributed by atoms with van der Waals surface area (Å²) in [5.74, 6) is 0.796. The van der Waals surface area contributed by atoms with E-state index in [0.717, 1.165) is 17.9 Å². The smallest absolute Gasteiger partial charge is 0.119 e. The van der Waals surface area contributed by atoms with Gasteiger partial charge in [-0.2, -0.15) is 5.26 Å². The minimum Gasteiger partial charge on any atom is -0.491 e. The molecule has 18 heavy (non-hydrogen) atoms. The normalized spacial score (nSPS) is 10.0. The van der Waals surface area contributed by atoms with Gasteiger partial charge in [-0.3, -0.25) is 0 Å². The molecule has 0 fully saturated rings. The van der Waals surface area contributed by atoms with Crippen molar-refractivity contribution in [3.05, 3.63) is 29.8 Å². The topological polar surface area (TPSA) is 51.5 Å². The summed E-state index contributed by atoms with van der Waals surface area (Å²) in [5.41, 5.74) is 0.998. The van der Waals surface area contributed by atoms with Gasteiger partial charge in [-0.15, -0.1) is 0 Å². The van der Waals surface area contributed by atoms with Crippen LogP contribution in [-0.4, -0.2) is 33.0 Å². The van der Waals surface area contributed by atoms with Crippen LogP contribution in [0.1, 0.15) is 12.5 Å². The molecule has 0 saturated carbocycles. The zero-order valence-electron chi connectivity index (χ0n) is 10.7. The summed E-state index contributed by atoms with van der Waals surface area (Å²) in [5, 5.41) is 8.54. The second-order valence-corrected chi connectivity index (χ2v) is 3.64. The molecule has 1 aromatic rings. The molecule has 0 aliphatic heterocycles. The standard InChI is InChI=1S/C14H19NO3/c1-2-16-9-10-17-11-12-18-14-5-3-13(4-6-14)7-8-15/h3-6H,2,7,9-12H2,1H3. The van der Waals surface area contributed by atoms with Gasteiger partial charge in [0.2, 0.25) is 0 Å². The first-order chi connectivity index (χ1) is 8.86. The van der Waals surface area contributed by atoms with Crippen molar-refractivity contribution >= 4 is 0 Å². The largest absolute Gasteiger partial charge is 0.491 e. The van der Waals surface area contributed by atoms with Crippen LogP contribution >= 0.6 is 0 Å². The summed E-state index contributed by atoms with van der Waals surface area (Å²) in [6.45, 7) is 4.96. The van der Waals surface area contributed by atoms with Gasteiger partial charge >= 0.3 is 0 Å². The molecule has 0 spiro atoms. The van der Waals surface area contributed by atoms with E-state index in [0.29, 0.717) is 32.8 Å². The highest BCUT2D eigenvalue weighted by Gasteiger charge is 1.95. The van der Waals surface area contributed by atoms with Crippen LogP contribution in [0.15, 0.2) is 24.3 Å². The molecule has 0 amide bonds. The van der Waals surface area contributed by atoms with Crippen LogP contribution in [0.5, 0.6) is 5.75 Å². The summed E-state index contributed by atoms with van der Waals surface area (Å²) < 4.78 is 16.0. The molecule has 1 aromatic carbocycles. The molecule has 0 aromatic heterocycles. The first-order valence-electron chi connectivity index (χ1n) is 6.11. The Balaban J connectivity index is 2.10. The van der Waals surface area contributed by atoms with Crippen molar-refractivity contribution in [2.75, 3.05) is 33.0 Å². The third-order valence-electron chi connectivity index (χ3n) is 2.28. The highest BCUT2D eigenvalue weighted by Crippen LogP contribution is 2.12. The lowest BCUT2D eigenvalue weighted by Crippen LogP contribution is -2.10. The summed E-state index contributed by atoms with van der Waals surface area (Å²) >= 11 is 0. The van der Waals surface area contributed by atoms with Crippen LogP contribution in [0.25, 0.3) is 0 Å². The maximum Gasteiger partial charge on any atom is 0.119 e. The van der Waals surface area contributed by atoms with Crippen LogP contribution in [0.2, 0.25) is 0 Å². The number of ether oxygens (including phenoxy) is 3. The van der Waals surface area contributed by atoms with Gasteiger partial charge in [0, 0.05) is 6.61 Å². The first kappa shape index (κ1) is 14.5. The van der Waals surface area contributed by atoms with Crippen molar-refractivity contribution in [3.8, 4) is 11.8 Å². The molecule has 0 aliphatic carbocycles. The van der Waals surface area contributed by atoms with Gasteiger partial charge in [0.1, 0.15) is 12.4 Å². The first-order valence-corrected chi connectivity index (χ1v) is 6.11. The van der Waals surface area contributed by atoms with Crippen molar-refractivity contribution in [2.45, 2.75) is 13.3 Å². The fourth-order valence-corrected chi connectivity index (χ4v) is 1.38. The van der Waals surface area contributed by atoms with E-state index in [2.05, 4.69) is 6.07 Å². The Bertz CT molecular complexity index is 356. The van der Waals surface area contributed by atoms with E-state index in [1.54, 1.807) is 0 Å². The van der Waals surface area contributed by atoms with Crippen molar-refractivity contribution in [2.24, 2.45) is 0 Å². The van der Waals surface area contributed by atoms with E-state index in [1.165, 1.54) is 0 Å². The lowest BCUT2D eigenvalue weighted by atomic mass is 10.2. The molecule has 98 valence electrons. The van der Waals surface area contributed by atoms with Crippen LogP contribution in [0, 0.1) is 11.3 Å². The van der Waals surface area contributed by atoms with Crippen molar-refractivity contribution < 1.29 is 14.2 Å². The Morgan fingerprint density at radius 3 is 2.33 bits per heavy atom. The van der Waals surface area contributed by atoms with Crippen LogP contribution in [-0.2, 0) is 15.9 Å². The summed E-state index contributed by atoms with van der Waals surface area (Å²) in [4.78, 5) is 0. The Labute approximate surface area is 108 Å². The van der Waals surface area contributed by atoms with E-state index >= 15 is 0 Å². The second-order valence-electron chi connectivity index (χ2n) is 3.64. The molecule has 0 saturated heterocycles. The minimum atomic E-state index is 0.431. The molecular weight excluding hydrogens is 230 g/mol. The molecule has 1 rings (SSSR count). The van der Waals surface area contributed by atoms with Crippen molar-refractivity contribution in [1.29, 1.82) is 5.26 Å². The number of nitriles is 1. The lowest BCUT2D eigenvalue weighted by molar-refractivity contribution is 0.0405. The van der Waals surface area contributed by atoms with Gasteiger partial charge in [0.15, 0.2) is 0 Å². The monoisotopic (exact) mass is 249 g/mol.